The van der Waals surface area contributed by atoms with Crippen molar-refractivity contribution < 1.29 is 8.42 Å². The Bertz CT molecular complexity index is 342. The van der Waals surface area contributed by atoms with Gasteiger partial charge in [0.25, 0.3) is 0 Å². The largest absolute Gasteiger partial charge is 0.388 e. The number of anilines is 1. The summed E-state index contributed by atoms with van der Waals surface area (Å²) in [6.07, 6.45) is 1.13. The molecule has 1 aromatic heterocycles. The van der Waals surface area contributed by atoms with Gasteiger partial charge in [-0.15, -0.1) is 5.10 Å². The number of aromatic nitrogens is 2. The van der Waals surface area contributed by atoms with Crippen LogP contribution in [0.5, 0.6) is 0 Å². The molecule has 1 heterocycles. The number of sulfone groups is 1. The van der Waals surface area contributed by atoms with Crippen LogP contribution in [0.3, 0.4) is 0 Å². The second-order valence-corrected chi connectivity index (χ2v) is 5.08. The predicted molar refractivity (Wildman–Crippen MR) is 42.9 cm³/mol. The summed E-state index contributed by atoms with van der Waals surface area (Å²) in [4.78, 5) is 0. The van der Waals surface area contributed by atoms with E-state index in [1.807, 2.05) is 0 Å². The lowest BCUT2D eigenvalue weighted by Gasteiger charge is -1.92. The Labute approximate surface area is 68.3 Å². The van der Waals surface area contributed by atoms with Crippen LogP contribution in [-0.4, -0.2) is 24.3 Å². The van der Waals surface area contributed by atoms with Crippen molar-refractivity contribution >= 4 is 26.4 Å². The van der Waals surface area contributed by atoms with E-state index in [0.29, 0.717) is 10.7 Å². The molecule has 1 aromatic rings. The number of hydrogen-bond donors (Lipinski definition) is 1. The number of rotatable bonds is 2. The Morgan fingerprint density at radius 2 is 2.27 bits per heavy atom. The van der Waals surface area contributed by atoms with E-state index in [4.69, 9.17) is 5.73 Å². The molecule has 5 nitrogen and oxygen atoms in total. The highest BCUT2D eigenvalue weighted by molar-refractivity contribution is 7.89. The third-order valence-electron chi connectivity index (χ3n) is 0.984. The Kier molecular flexibility index (Phi) is 2.10. The molecule has 0 fully saturated rings. The van der Waals surface area contributed by atoms with E-state index < -0.39 is 9.84 Å². The normalized spacial score (nSPS) is 11.7. The topological polar surface area (TPSA) is 85.9 Å². The van der Waals surface area contributed by atoms with Crippen LogP contribution in [0.4, 0.5) is 5.00 Å². The molecule has 0 spiro atoms. The maximum absolute atomic E-state index is 10.7. The predicted octanol–water partition coefficient (Wildman–Crippen LogP) is -0.335. The van der Waals surface area contributed by atoms with Crippen LogP contribution in [-0.2, 0) is 15.6 Å². The molecule has 1 rings (SSSR count). The molecular weight excluding hydrogens is 186 g/mol. The highest BCUT2D eigenvalue weighted by Gasteiger charge is 2.10. The Hall–Kier alpha value is -0.690. The lowest BCUT2D eigenvalue weighted by molar-refractivity contribution is 0.600. The summed E-state index contributed by atoms with van der Waals surface area (Å²) in [5, 5.41) is 3.94. The lowest BCUT2D eigenvalue weighted by Crippen LogP contribution is -2.03. The molecule has 0 aliphatic carbocycles. The molecule has 0 atom stereocenters. The lowest BCUT2D eigenvalue weighted by atomic mass is 10.5. The van der Waals surface area contributed by atoms with Crippen molar-refractivity contribution in [3.05, 3.63) is 5.69 Å². The number of nitrogens with zero attached hydrogens (tertiary/aromatic N) is 2. The van der Waals surface area contributed by atoms with Crippen LogP contribution in [0.2, 0.25) is 0 Å². The van der Waals surface area contributed by atoms with Crippen LogP contribution >= 0.6 is 11.5 Å². The van der Waals surface area contributed by atoms with E-state index in [1.165, 1.54) is 0 Å². The molecule has 0 amide bonds. The summed E-state index contributed by atoms with van der Waals surface area (Å²) < 4.78 is 25.0. The standard InChI is InChI=1S/C4H7N3O2S2/c1-11(8,9)2-3-4(5)10-7-6-3/h2,5H2,1H3. The van der Waals surface area contributed by atoms with Crippen LogP contribution in [0.25, 0.3) is 0 Å². The van der Waals surface area contributed by atoms with E-state index in [-0.39, 0.29) is 5.75 Å². The summed E-state index contributed by atoms with van der Waals surface area (Å²) in [5.41, 5.74) is 5.72. The van der Waals surface area contributed by atoms with Crippen LogP contribution < -0.4 is 5.73 Å². The van der Waals surface area contributed by atoms with Crippen molar-refractivity contribution in [2.45, 2.75) is 5.75 Å². The fourth-order valence-corrected chi connectivity index (χ4v) is 1.81. The van der Waals surface area contributed by atoms with Crippen molar-refractivity contribution in [3.63, 3.8) is 0 Å². The fourth-order valence-electron chi connectivity index (χ4n) is 0.564. The van der Waals surface area contributed by atoms with Crippen LogP contribution in [0.15, 0.2) is 0 Å². The maximum Gasteiger partial charge on any atom is 0.153 e. The van der Waals surface area contributed by atoms with Gasteiger partial charge in [-0.25, -0.2) is 8.42 Å². The summed E-state index contributed by atoms with van der Waals surface area (Å²) in [6, 6.07) is 0. The van der Waals surface area contributed by atoms with Crippen molar-refractivity contribution in [3.8, 4) is 0 Å². The second-order valence-electron chi connectivity index (χ2n) is 2.15. The first kappa shape index (κ1) is 8.41. The van der Waals surface area contributed by atoms with Gasteiger partial charge in [-0.1, -0.05) is 4.49 Å². The number of nitrogens with two attached hydrogens (primary N) is 1. The highest BCUT2D eigenvalue weighted by atomic mass is 32.2. The summed E-state index contributed by atoms with van der Waals surface area (Å²) in [5.74, 6) is -0.130. The van der Waals surface area contributed by atoms with Gasteiger partial charge in [-0.3, -0.25) is 0 Å². The smallest absolute Gasteiger partial charge is 0.153 e. The first-order valence-electron chi connectivity index (χ1n) is 2.73. The number of hydrogen-bond acceptors (Lipinski definition) is 6. The molecule has 0 saturated heterocycles. The average molecular weight is 193 g/mol. The fraction of sp³-hybridized carbons (Fsp3) is 0.500. The zero-order chi connectivity index (χ0) is 8.48. The summed E-state index contributed by atoms with van der Waals surface area (Å²) in [6.45, 7) is 0. The molecule has 0 bridgehead atoms. The molecule has 0 aliphatic heterocycles. The van der Waals surface area contributed by atoms with Gasteiger partial charge in [0.1, 0.15) is 10.7 Å². The summed E-state index contributed by atoms with van der Waals surface area (Å²) >= 11 is 0.997. The molecule has 7 heteroatoms. The van der Waals surface area contributed by atoms with Gasteiger partial charge in [-0.2, -0.15) is 0 Å². The highest BCUT2D eigenvalue weighted by Crippen LogP contribution is 2.14. The molecule has 11 heavy (non-hydrogen) atoms. The number of nitrogen functional groups attached to an aromatic ring is 1. The molecule has 0 radical (unpaired) electrons. The molecule has 0 saturated carbocycles. The molecule has 62 valence electrons. The third-order valence-corrected chi connectivity index (χ3v) is 2.38. The van der Waals surface area contributed by atoms with Gasteiger partial charge in [0, 0.05) is 17.8 Å². The first-order chi connectivity index (χ1) is 4.99. The molecular formula is C4H7N3O2S2. The average Bonchev–Trinajstić information content (AvgIpc) is 2.12. The zero-order valence-electron chi connectivity index (χ0n) is 5.81. The zero-order valence-corrected chi connectivity index (χ0v) is 7.44. The van der Waals surface area contributed by atoms with Gasteiger partial charge in [-0.05, 0) is 0 Å². The Balaban J connectivity index is 2.89. The molecule has 0 aromatic carbocycles. The van der Waals surface area contributed by atoms with Crippen molar-refractivity contribution in [1.29, 1.82) is 0 Å². The molecule has 0 aliphatic rings. The Morgan fingerprint density at radius 3 is 2.64 bits per heavy atom. The van der Waals surface area contributed by atoms with E-state index in [1.54, 1.807) is 0 Å². The van der Waals surface area contributed by atoms with Gasteiger partial charge < -0.3 is 5.73 Å². The van der Waals surface area contributed by atoms with Crippen LogP contribution in [0.1, 0.15) is 5.69 Å². The maximum atomic E-state index is 10.7. The third kappa shape index (κ3) is 2.43. The minimum absolute atomic E-state index is 0.130. The van der Waals surface area contributed by atoms with Gasteiger partial charge in [0.2, 0.25) is 0 Å². The monoisotopic (exact) mass is 193 g/mol. The SMILES string of the molecule is CS(=O)(=O)Cc1nnsc1N. The van der Waals surface area contributed by atoms with Crippen LogP contribution in [0, 0.1) is 0 Å². The molecule has 0 unspecified atom stereocenters. The quantitative estimate of drug-likeness (QED) is 0.694. The van der Waals surface area contributed by atoms with Crippen molar-refractivity contribution in [1.82, 2.24) is 9.59 Å². The van der Waals surface area contributed by atoms with Crippen molar-refractivity contribution in [2.75, 3.05) is 12.0 Å². The van der Waals surface area contributed by atoms with E-state index >= 15 is 0 Å². The van der Waals surface area contributed by atoms with E-state index in [9.17, 15) is 8.42 Å². The summed E-state index contributed by atoms with van der Waals surface area (Å²) in [7, 11) is -3.05. The molecule has 2 N–H and O–H groups in total. The van der Waals surface area contributed by atoms with E-state index in [0.717, 1.165) is 17.8 Å². The second kappa shape index (κ2) is 2.74. The van der Waals surface area contributed by atoms with Gasteiger partial charge in [0.05, 0.1) is 5.75 Å². The minimum Gasteiger partial charge on any atom is -0.388 e. The Morgan fingerprint density at radius 1 is 1.64 bits per heavy atom. The first-order valence-corrected chi connectivity index (χ1v) is 5.57. The van der Waals surface area contributed by atoms with E-state index in [2.05, 4.69) is 9.59 Å². The van der Waals surface area contributed by atoms with Crippen molar-refractivity contribution in [2.24, 2.45) is 0 Å². The van der Waals surface area contributed by atoms with Gasteiger partial charge >= 0.3 is 0 Å². The minimum atomic E-state index is -3.05. The van der Waals surface area contributed by atoms with Gasteiger partial charge in [0.15, 0.2) is 9.84 Å².